The first-order valence-electron chi connectivity index (χ1n) is 6.03. The first-order chi connectivity index (χ1) is 8.11. The predicted molar refractivity (Wildman–Crippen MR) is 71.0 cm³/mol. The van der Waals surface area contributed by atoms with Crippen LogP contribution in [0.15, 0.2) is 16.1 Å². The van der Waals surface area contributed by atoms with Crippen LogP contribution in [0.4, 0.5) is 0 Å². The van der Waals surface area contributed by atoms with Crippen LogP contribution >= 0.6 is 15.9 Å². The maximum absolute atomic E-state index is 11.2. The topological polar surface area (TPSA) is 34.9 Å². The quantitative estimate of drug-likeness (QED) is 0.803. The van der Waals surface area contributed by atoms with Gasteiger partial charge in [0, 0.05) is 25.8 Å². The lowest BCUT2D eigenvalue weighted by atomic mass is 9.95. The lowest BCUT2D eigenvalue weighted by Crippen LogP contribution is -2.09. The molecule has 0 spiro atoms. The third kappa shape index (κ3) is 2.68. The van der Waals surface area contributed by atoms with Crippen molar-refractivity contribution in [2.24, 2.45) is 0 Å². The molecule has 0 N–H and O–H groups in total. The van der Waals surface area contributed by atoms with Crippen molar-refractivity contribution in [3.63, 3.8) is 0 Å². The summed E-state index contributed by atoms with van der Waals surface area (Å²) in [6.07, 6.45) is 5.19. The molecule has 1 aromatic heterocycles. The van der Waals surface area contributed by atoms with E-state index in [-0.39, 0.29) is 0 Å². The molecule has 0 radical (unpaired) electrons. The first kappa shape index (κ1) is 12.6. The molecular weight excluding hydrogens is 280 g/mol. The van der Waals surface area contributed by atoms with Crippen LogP contribution < -0.4 is 0 Å². The summed E-state index contributed by atoms with van der Waals surface area (Å²) in [5.41, 5.74) is 3.62. The van der Waals surface area contributed by atoms with Gasteiger partial charge in [-0.3, -0.25) is 9.48 Å². The number of aromatic nitrogens is 2. The molecular formula is C13H17BrN2O. The Morgan fingerprint density at radius 1 is 1.47 bits per heavy atom. The zero-order valence-corrected chi connectivity index (χ0v) is 11.9. The monoisotopic (exact) mass is 296 g/mol. The van der Waals surface area contributed by atoms with E-state index in [0.717, 1.165) is 29.6 Å². The highest BCUT2D eigenvalue weighted by Crippen LogP contribution is 2.26. The Hall–Kier alpha value is -0.900. The van der Waals surface area contributed by atoms with Gasteiger partial charge in [-0.1, -0.05) is 11.6 Å². The van der Waals surface area contributed by atoms with Crippen LogP contribution in [0.5, 0.6) is 0 Å². The van der Waals surface area contributed by atoms with Crippen molar-refractivity contribution in [2.75, 3.05) is 0 Å². The van der Waals surface area contributed by atoms with Gasteiger partial charge in [-0.25, -0.2) is 0 Å². The summed E-state index contributed by atoms with van der Waals surface area (Å²) in [5, 5.41) is 4.48. The third-order valence-corrected chi connectivity index (χ3v) is 4.22. The molecule has 0 aromatic carbocycles. The van der Waals surface area contributed by atoms with Crippen LogP contribution in [0.2, 0.25) is 0 Å². The number of nitrogens with zero attached hydrogens (tertiary/aromatic N) is 2. The molecule has 0 atom stereocenters. The number of hydrogen-bond donors (Lipinski definition) is 0. The number of Topliss-reactive ketones (excluding diaryl/α,β-unsaturated/α-hetero) is 1. The molecule has 0 aliphatic heterocycles. The fourth-order valence-corrected chi connectivity index (χ4v) is 2.60. The van der Waals surface area contributed by atoms with Gasteiger partial charge in [0.15, 0.2) is 0 Å². The summed E-state index contributed by atoms with van der Waals surface area (Å²) in [6, 6.07) is 0. The maximum Gasteiger partial charge on any atom is 0.136 e. The Balaban J connectivity index is 2.21. The molecule has 92 valence electrons. The minimum atomic E-state index is 0.355. The first-order valence-corrected chi connectivity index (χ1v) is 6.82. The van der Waals surface area contributed by atoms with E-state index in [1.807, 2.05) is 11.6 Å². The lowest BCUT2D eigenvalue weighted by Gasteiger charge is -2.13. The number of carbonyl (C=O) groups is 1. The molecule has 0 saturated carbocycles. The molecule has 4 heteroatoms. The number of rotatable bonds is 3. The summed E-state index contributed by atoms with van der Waals surface area (Å²) in [7, 11) is 0. The van der Waals surface area contributed by atoms with Crippen LogP contribution in [0.1, 0.15) is 37.6 Å². The Bertz CT molecular complexity index is 474. The van der Waals surface area contributed by atoms with Gasteiger partial charge in [-0.05, 0) is 36.2 Å². The van der Waals surface area contributed by atoms with Gasteiger partial charge in [-0.2, -0.15) is 5.10 Å². The second-order valence-electron chi connectivity index (χ2n) is 4.44. The second kappa shape index (κ2) is 5.17. The summed E-state index contributed by atoms with van der Waals surface area (Å²) < 4.78 is 3.15. The molecule has 0 amide bonds. The van der Waals surface area contributed by atoms with Crippen LogP contribution in [-0.2, 0) is 17.8 Å². The van der Waals surface area contributed by atoms with E-state index in [4.69, 9.17) is 0 Å². The van der Waals surface area contributed by atoms with Crippen molar-refractivity contribution in [1.29, 1.82) is 0 Å². The maximum atomic E-state index is 11.2. The zero-order valence-electron chi connectivity index (χ0n) is 10.3. The zero-order chi connectivity index (χ0) is 12.4. The highest BCUT2D eigenvalue weighted by molar-refractivity contribution is 9.10. The minimum Gasteiger partial charge on any atom is -0.299 e. The van der Waals surface area contributed by atoms with E-state index >= 15 is 0 Å². The Labute approximate surface area is 110 Å². The molecule has 0 saturated heterocycles. The standard InChI is InChI=1S/C13H17BrN2O/c1-3-16-12(13(14)9(2)15-16)8-10-4-6-11(17)7-5-10/h4H,3,5-8H2,1-2H3. The van der Waals surface area contributed by atoms with E-state index < -0.39 is 0 Å². The van der Waals surface area contributed by atoms with Gasteiger partial charge in [0.25, 0.3) is 0 Å². The minimum absolute atomic E-state index is 0.355. The molecule has 1 aliphatic carbocycles. The summed E-state index contributed by atoms with van der Waals surface area (Å²) in [4.78, 5) is 11.2. The smallest absolute Gasteiger partial charge is 0.136 e. The number of carbonyl (C=O) groups excluding carboxylic acids is 1. The van der Waals surface area contributed by atoms with Crippen LogP contribution in [0, 0.1) is 6.92 Å². The summed E-state index contributed by atoms with van der Waals surface area (Å²) in [6.45, 7) is 4.99. The van der Waals surface area contributed by atoms with E-state index in [2.05, 4.69) is 34.0 Å². The average Bonchev–Trinajstić information content (AvgIpc) is 2.59. The largest absolute Gasteiger partial charge is 0.299 e. The molecule has 2 rings (SSSR count). The van der Waals surface area contributed by atoms with Gasteiger partial charge in [-0.15, -0.1) is 0 Å². The number of hydrogen-bond acceptors (Lipinski definition) is 2. The van der Waals surface area contributed by atoms with E-state index in [9.17, 15) is 4.79 Å². The number of aryl methyl sites for hydroxylation is 2. The fraction of sp³-hybridized carbons (Fsp3) is 0.538. The number of ketones is 1. The molecule has 1 aliphatic rings. The molecule has 1 aromatic rings. The van der Waals surface area contributed by atoms with E-state index in [0.29, 0.717) is 18.6 Å². The highest BCUT2D eigenvalue weighted by atomic mass is 79.9. The number of allylic oxidation sites excluding steroid dienone is 2. The molecule has 0 bridgehead atoms. The molecule has 17 heavy (non-hydrogen) atoms. The fourth-order valence-electron chi connectivity index (χ4n) is 2.18. The van der Waals surface area contributed by atoms with Crippen molar-refractivity contribution in [1.82, 2.24) is 9.78 Å². The van der Waals surface area contributed by atoms with Crippen LogP contribution in [-0.4, -0.2) is 15.6 Å². The normalized spacial score (nSPS) is 16.2. The Kier molecular flexibility index (Phi) is 3.82. The Morgan fingerprint density at radius 3 is 2.82 bits per heavy atom. The van der Waals surface area contributed by atoms with E-state index in [1.165, 1.54) is 11.3 Å². The van der Waals surface area contributed by atoms with Gasteiger partial charge in [0.2, 0.25) is 0 Å². The van der Waals surface area contributed by atoms with Gasteiger partial charge in [0.1, 0.15) is 5.78 Å². The van der Waals surface area contributed by atoms with Crippen molar-refractivity contribution in [3.8, 4) is 0 Å². The van der Waals surface area contributed by atoms with Crippen molar-refractivity contribution >= 4 is 21.7 Å². The van der Waals surface area contributed by atoms with Crippen molar-refractivity contribution < 1.29 is 4.79 Å². The highest BCUT2D eigenvalue weighted by Gasteiger charge is 2.16. The second-order valence-corrected chi connectivity index (χ2v) is 5.24. The van der Waals surface area contributed by atoms with E-state index in [1.54, 1.807) is 0 Å². The van der Waals surface area contributed by atoms with Crippen molar-refractivity contribution in [2.45, 2.75) is 46.1 Å². The van der Waals surface area contributed by atoms with Crippen molar-refractivity contribution in [3.05, 3.63) is 27.5 Å². The Morgan fingerprint density at radius 2 is 2.24 bits per heavy atom. The lowest BCUT2D eigenvalue weighted by molar-refractivity contribution is -0.118. The molecule has 0 unspecified atom stereocenters. The van der Waals surface area contributed by atoms with Gasteiger partial charge < -0.3 is 0 Å². The SMILES string of the molecule is CCn1nc(C)c(Br)c1CC1=CCC(=O)CC1. The van der Waals surface area contributed by atoms with Gasteiger partial charge >= 0.3 is 0 Å². The molecule has 0 fully saturated rings. The number of halogens is 1. The van der Waals surface area contributed by atoms with Gasteiger partial charge in [0.05, 0.1) is 15.9 Å². The average molecular weight is 297 g/mol. The molecule has 3 nitrogen and oxygen atoms in total. The van der Waals surface area contributed by atoms with Crippen LogP contribution in [0.25, 0.3) is 0 Å². The third-order valence-electron chi connectivity index (χ3n) is 3.19. The molecule has 1 heterocycles. The summed E-state index contributed by atoms with van der Waals surface area (Å²) in [5.74, 6) is 0.355. The summed E-state index contributed by atoms with van der Waals surface area (Å²) >= 11 is 3.60. The predicted octanol–water partition coefficient (Wildman–Crippen LogP) is 3.20. The van der Waals surface area contributed by atoms with Crippen LogP contribution in [0.3, 0.4) is 0 Å².